The summed E-state index contributed by atoms with van der Waals surface area (Å²) in [6.45, 7) is 2.93. The van der Waals surface area contributed by atoms with Crippen molar-refractivity contribution in [3.63, 3.8) is 0 Å². The van der Waals surface area contributed by atoms with Gasteiger partial charge in [-0.05, 0) is 12.1 Å². The van der Waals surface area contributed by atoms with Crippen LogP contribution in [0.3, 0.4) is 0 Å². The molecule has 1 N–H and O–H groups in total. The zero-order valence-electron chi connectivity index (χ0n) is 12.5. The summed E-state index contributed by atoms with van der Waals surface area (Å²) in [7, 11) is -3.68. The molecule has 0 bridgehead atoms. The third-order valence-electron chi connectivity index (χ3n) is 3.07. The van der Waals surface area contributed by atoms with Gasteiger partial charge in [0.25, 0.3) is 0 Å². The van der Waals surface area contributed by atoms with Crippen LogP contribution >= 0.6 is 23.2 Å². The average Bonchev–Trinajstić information content (AvgIpc) is 2.39. The Balaban J connectivity index is 3.47. The first-order valence-corrected chi connectivity index (χ1v) is 9.03. The second-order valence-corrected chi connectivity index (χ2v) is 7.94. The highest BCUT2D eigenvalue weighted by atomic mass is 35.5. The van der Waals surface area contributed by atoms with Crippen LogP contribution in [-0.4, -0.2) is 37.3 Å². The van der Waals surface area contributed by atoms with Gasteiger partial charge < -0.3 is 5.11 Å². The van der Waals surface area contributed by atoms with E-state index in [4.69, 9.17) is 28.3 Å². The number of carbonyl (C=O) groups is 3. The Morgan fingerprint density at radius 1 is 1.09 bits per heavy atom. The van der Waals surface area contributed by atoms with E-state index in [1.807, 2.05) is 0 Å². The van der Waals surface area contributed by atoms with Crippen LogP contribution in [0.1, 0.15) is 24.2 Å². The van der Waals surface area contributed by atoms with Gasteiger partial charge in [0, 0.05) is 17.7 Å². The molecule has 0 spiro atoms. The maximum atomic E-state index is 12.4. The van der Waals surface area contributed by atoms with Gasteiger partial charge in [-0.15, -0.1) is 0 Å². The first-order valence-electron chi connectivity index (χ1n) is 6.38. The molecule has 0 amide bonds. The molecule has 126 valence electrons. The molecule has 0 heterocycles. The van der Waals surface area contributed by atoms with Gasteiger partial charge in [0.1, 0.15) is 0 Å². The van der Waals surface area contributed by atoms with Crippen molar-refractivity contribution < 1.29 is 27.9 Å². The van der Waals surface area contributed by atoms with Crippen LogP contribution in [0.15, 0.2) is 17.0 Å². The number of carbonyl (C=O) groups excluding carboxylic acids is 2. The molecule has 0 aliphatic rings. The molecule has 0 saturated heterocycles. The highest BCUT2D eigenvalue weighted by Gasteiger charge is 2.37. The molecule has 23 heavy (non-hydrogen) atoms. The maximum absolute atomic E-state index is 12.4. The van der Waals surface area contributed by atoms with E-state index in [0.29, 0.717) is 0 Å². The van der Waals surface area contributed by atoms with Gasteiger partial charge in [-0.25, -0.2) is 8.42 Å². The number of carboxylic acids is 1. The fourth-order valence-corrected chi connectivity index (χ4v) is 3.50. The topological polar surface area (TPSA) is 106 Å². The Morgan fingerprint density at radius 3 is 2.00 bits per heavy atom. The monoisotopic (exact) mass is 380 g/mol. The lowest BCUT2D eigenvalue weighted by Crippen LogP contribution is -2.34. The number of hydrogen-bond acceptors (Lipinski definition) is 5. The van der Waals surface area contributed by atoms with Crippen LogP contribution < -0.4 is 0 Å². The molecule has 0 fully saturated rings. The summed E-state index contributed by atoms with van der Waals surface area (Å²) in [6.07, 6.45) is 0.911. The molecular formula is C14H14Cl2O6S. The highest BCUT2D eigenvalue weighted by Crippen LogP contribution is 2.33. The predicted molar refractivity (Wildman–Crippen MR) is 84.9 cm³/mol. The average molecular weight is 381 g/mol. The molecule has 0 aliphatic heterocycles. The molecule has 1 rings (SSSR count). The fourth-order valence-electron chi connectivity index (χ4n) is 1.86. The van der Waals surface area contributed by atoms with Gasteiger partial charge in [-0.1, -0.05) is 37.0 Å². The van der Waals surface area contributed by atoms with Gasteiger partial charge in [-0.3, -0.25) is 14.4 Å². The standard InChI is InChI=1S/C14H14Cl2O6S/c1-6(2)12(17)9(14(19)20)13(18)7-4-5-8(23(3,21)22)11(16)10(7)15/h4-6,9H,1-3H3,(H,19,20). The number of rotatable bonds is 6. The van der Waals surface area contributed by atoms with E-state index in [2.05, 4.69) is 0 Å². The number of Topliss-reactive ketones (excluding diaryl/α,β-unsaturated/α-hetero) is 2. The van der Waals surface area contributed by atoms with Crippen LogP contribution in [0.5, 0.6) is 0 Å². The van der Waals surface area contributed by atoms with Gasteiger partial charge in [0.15, 0.2) is 27.3 Å². The van der Waals surface area contributed by atoms with Crippen LogP contribution in [-0.2, 0) is 19.4 Å². The Hall–Kier alpha value is -1.44. The summed E-state index contributed by atoms with van der Waals surface area (Å²) in [4.78, 5) is 35.3. The summed E-state index contributed by atoms with van der Waals surface area (Å²) in [5.74, 6) is -6.02. The van der Waals surface area contributed by atoms with E-state index >= 15 is 0 Å². The quantitative estimate of drug-likeness (QED) is 0.600. The Bertz CT molecular complexity index is 783. The molecule has 1 unspecified atom stereocenters. The Morgan fingerprint density at radius 2 is 1.61 bits per heavy atom. The summed E-state index contributed by atoms with van der Waals surface area (Å²) >= 11 is 11.8. The van der Waals surface area contributed by atoms with Crippen molar-refractivity contribution >= 4 is 50.6 Å². The highest BCUT2D eigenvalue weighted by molar-refractivity contribution is 7.90. The van der Waals surface area contributed by atoms with E-state index in [1.165, 1.54) is 13.8 Å². The number of sulfone groups is 1. The van der Waals surface area contributed by atoms with Gasteiger partial charge in [-0.2, -0.15) is 0 Å². The number of hydrogen-bond donors (Lipinski definition) is 1. The smallest absolute Gasteiger partial charge is 0.322 e. The molecule has 6 nitrogen and oxygen atoms in total. The molecule has 0 radical (unpaired) electrons. The fraction of sp³-hybridized carbons (Fsp3) is 0.357. The molecule has 1 aromatic rings. The minimum absolute atomic E-state index is 0.289. The summed E-state index contributed by atoms with van der Waals surface area (Å²) < 4.78 is 23.1. The van der Waals surface area contributed by atoms with E-state index in [0.717, 1.165) is 18.4 Å². The molecule has 9 heteroatoms. The van der Waals surface area contributed by atoms with Crippen molar-refractivity contribution in [3.8, 4) is 0 Å². The third-order valence-corrected chi connectivity index (χ3v) is 5.21. The lowest BCUT2D eigenvalue weighted by Gasteiger charge is -2.15. The number of ketones is 2. The molecule has 1 atom stereocenters. The first kappa shape index (κ1) is 19.6. The minimum atomic E-state index is -3.68. The zero-order chi connectivity index (χ0) is 18.1. The lowest BCUT2D eigenvalue weighted by molar-refractivity contribution is -0.144. The van der Waals surface area contributed by atoms with Crippen molar-refractivity contribution in [2.75, 3.05) is 6.26 Å². The largest absolute Gasteiger partial charge is 0.480 e. The number of halogens is 2. The zero-order valence-corrected chi connectivity index (χ0v) is 14.8. The second-order valence-electron chi connectivity index (χ2n) is 5.20. The normalized spacial score (nSPS) is 13.0. The van der Waals surface area contributed by atoms with Gasteiger partial charge in [0.05, 0.1) is 14.9 Å². The SMILES string of the molecule is CC(C)C(=O)C(C(=O)O)C(=O)c1ccc(S(C)(=O)=O)c(Cl)c1Cl. The number of carboxylic acid groups (broad SMARTS) is 1. The Kier molecular flexibility index (Phi) is 5.95. The van der Waals surface area contributed by atoms with Crippen molar-refractivity contribution in [1.29, 1.82) is 0 Å². The van der Waals surface area contributed by atoms with Crippen molar-refractivity contribution in [3.05, 3.63) is 27.7 Å². The van der Waals surface area contributed by atoms with Crippen LogP contribution in [0.4, 0.5) is 0 Å². The second kappa shape index (κ2) is 6.98. The Labute approximate surface area is 143 Å². The lowest BCUT2D eigenvalue weighted by atomic mass is 9.88. The van der Waals surface area contributed by atoms with E-state index in [-0.39, 0.29) is 15.5 Å². The number of aliphatic carboxylic acids is 1. The molecule has 0 aliphatic carbocycles. The van der Waals surface area contributed by atoms with E-state index in [9.17, 15) is 22.8 Å². The van der Waals surface area contributed by atoms with Crippen LogP contribution in [0.2, 0.25) is 10.0 Å². The van der Waals surface area contributed by atoms with Gasteiger partial charge >= 0.3 is 5.97 Å². The number of benzene rings is 1. The predicted octanol–water partition coefficient (Wildman–Crippen LogP) is 2.51. The van der Waals surface area contributed by atoms with Crippen molar-refractivity contribution in [2.24, 2.45) is 11.8 Å². The van der Waals surface area contributed by atoms with Gasteiger partial charge in [0.2, 0.25) is 0 Å². The summed E-state index contributed by atoms with van der Waals surface area (Å²) in [5.41, 5.74) is -0.314. The maximum Gasteiger partial charge on any atom is 0.322 e. The van der Waals surface area contributed by atoms with Crippen LogP contribution in [0.25, 0.3) is 0 Å². The molecule has 0 saturated carbocycles. The summed E-state index contributed by atoms with van der Waals surface area (Å²) in [6, 6.07) is 2.10. The molecule has 0 aromatic heterocycles. The van der Waals surface area contributed by atoms with E-state index < -0.39 is 44.2 Å². The van der Waals surface area contributed by atoms with Crippen molar-refractivity contribution in [2.45, 2.75) is 18.7 Å². The third kappa shape index (κ3) is 4.10. The van der Waals surface area contributed by atoms with Crippen molar-refractivity contribution in [1.82, 2.24) is 0 Å². The van der Waals surface area contributed by atoms with Crippen LogP contribution in [0, 0.1) is 11.8 Å². The summed E-state index contributed by atoms with van der Waals surface area (Å²) in [5, 5.41) is 8.37. The molecule has 1 aromatic carbocycles. The van der Waals surface area contributed by atoms with E-state index in [1.54, 1.807) is 0 Å². The molecular weight excluding hydrogens is 367 g/mol. The minimum Gasteiger partial charge on any atom is -0.480 e. The first-order chi connectivity index (χ1) is 10.4.